The number of Topliss-reactive ketones (excluding diaryl/α,β-unsaturated/α-hetero) is 1. The van der Waals surface area contributed by atoms with Crippen molar-refractivity contribution in [3.05, 3.63) is 28.8 Å². The Bertz CT molecular complexity index is 456. The highest BCUT2D eigenvalue weighted by Crippen LogP contribution is 2.25. The number of carbonyl (C=O) groups is 1. The van der Waals surface area contributed by atoms with Gasteiger partial charge in [0, 0.05) is 18.0 Å². The number of benzene rings is 1. The quantitative estimate of drug-likeness (QED) is 0.717. The molecule has 0 saturated carbocycles. The molecular weight excluding hydrogens is 274 g/mol. The van der Waals surface area contributed by atoms with Gasteiger partial charge in [-0.3, -0.25) is 4.79 Å². The number of likely N-dealkylation sites (tertiary alicyclic amines) is 1. The monoisotopic (exact) mass is 295 g/mol. The molecule has 0 spiro atoms. The van der Waals surface area contributed by atoms with Crippen LogP contribution in [-0.2, 0) is 0 Å². The summed E-state index contributed by atoms with van der Waals surface area (Å²) >= 11 is 6.00. The van der Waals surface area contributed by atoms with Crippen molar-refractivity contribution in [1.82, 2.24) is 4.90 Å². The SMILES string of the molecule is CCCOc1ccc(Cl)cc1C(=O)CCN1CCCC1. The van der Waals surface area contributed by atoms with Crippen molar-refractivity contribution in [2.24, 2.45) is 0 Å². The number of carbonyl (C=O) groups excluding carboxylic acids is 1. The van der Waals surface area contributed by atoms with Crippen LogP contribution in [0.2, 0.25) is 5.02 Å². The lowest BCUT2D eigenvalue weighted by atomic mass is 10.1. The zero-order valence-electron chi connectivity index (χ0n) is 12.0. The van der Waals surface area contributed by atoms with Gasteiger partial charge in [-0.1, -0.05) is 18.5 Å². The molecule has 2 rings (SSSR count). The number of hydrogen-bond acceptors (Lipinski definition) is 3. The Morgan fingerprint density at radius 1 is 1.35 bits per heavy atom. The van der Waals surface area contributed by atoms with Crippen molar-refractivity contribution < 1.29 is 9.53 Å². The van der Waals surface area contributed by atoms with Crippen molar-refractivity contribution in [1.29, 1.82) is 0 Å². The maximum Gasteiger partial charge on any atom is 0.167 e. The zero-order chi connectivity index (χ0) is 14.4. The second kappa shape index (κ2) is 7.65. The molecule has 0 aromatic heterocycles. The third-order valence-corrected chi connectivity index (χ3v) is 3.79. The van der Waals surface area contributed by atoms with Gasteiger partial charge in [0.25, 0.3) is 0 Å². The summed E-state index contributed by atoms with van der Waals surface area (Å²) in [5.41, 5.74) is 0.616. The second-order valence-electron chi connectivity index (χ2n) is 5.21. The van der Waals surface area contributed by atoms with Crippen molar-refractivity contribution in [3.63, 3.8) is 0 Å². The third-order valence-electron chi connectivity index (χ3n) is 3.56. The first-order chi connectivity index (χ1) is 9.70. The van der Waals surface area contributed by atoms with Gasteiger partial charge >= 0.3 is 0 Å². The van der Waals surface area contributed by atoms with Gasteiger partial charge in [-0.15, -0.1) is 0 Å². The van der Waals surface area contributed by atoms with E-state index < -0.39 is 0 Å². The van der Waals surface area contributed by atoms with Crippen LogP contribution in [0.3, 0.4) is 0 Å². The van der Waals surface area contributed by atoms with E-state index in [0.717, 1.165) is 26.1 Å². The number of rotatable bonds is 7. The molecule has 0 aliphatic carbocycles. The fourth-order valence-corrected chi connectivity index (χ4v) is 2.63. The fourth-order valence-electron chi connectivity index (χ4n) is 2.46. The lowest BCUT2D eigenvalue weighted by Crippen LogP contribution is -2.22. The standard InChI is InChI=1S/C16H22ClNO2/c1-2-11-20-16-6-5-13(17)12-14(16)15(19)7-10-18-8-3-4-9-18/h5-6,12H,2-4,7-11H2,1H3. The van der Waals surface area contributed by atoms with Crippen LogP contribution in [0.5, 0.6) is 5.75 Å². The summed E-state index contributed by atoms with van der Waals surface area (Å²) in [6.45, 7) is 5.72. The van der Waals surface area contributed by atoms with Gasteiger partial charge in [0.1, 0.15) is 5.75 Å². The van der Waals surface area contributed by atoms with Gasteiger partial charge in [0.05, 0.1) is 12.2 Å². The summed E-state index contributed by atoms with van der Waals surface area (Å²) in [7, 11) is 0. The first-order valence-electron chi connectivity index (χ1n) is 7.38. The Labute approximate surface area is 125 Å². The summed E-state index contributed by atoms with van der Waals surface area (Å²) in [5.74, 6) is 0.771. The van der Waals surface area contributed by atoms with Gasteiger partial charge in [-0.2, -0.15) is 0 Å². The predicted octanol–water partition coefficient (Wildman–Crippen LogP) is 3.80. The smallest absolute Gasteiger partial charge is 0.167 e. The molecule has 0 atom stereocenters. The molecule has 0 radical (unpaired) electrons. The molecule has 0 N–H and O–H groups in total. The number of halogens is 1. The van der Waals surface area contributed by atoms with Crippen molar-refractivity contribution >= 4 is 17.4 Å². The van der Waals surface area contributed by atoms with Crippen LogP contribution in [0.15, 0.2) is 18.2 Å². The highest BCUT2D eigenvalue weighted by molar-refractivity contribution is 6.31. The molecule has 20 heavy (non-hydrogen) atoms. The second-order valence-corrected chi connectivity index (χ2v) is 5.65. The molecule has 1 saturated heterocycles. The minimum Gasteiger partial charge on any atom is -0.493 e. The largest absolute Gasteiger partial charge is 0.493 e. The molecule has 3 nitrogen and oxygen atoms in total. The summed E-state index contributed by atoms with van der Waals surface area (Å²) in [6.07, 6.45) is 3.94. The average molecular weight is 296 g/mol. The van der Waals surface area contributed by atoms with E-state index in [1.165, 1.54) is 12.8 Å². The van der Waals surface area contributed by atoms with Crippen LogP contribution in [0.25, 0.3) is 0 Å². The van der Waals surface area contributed by atoms with E-state index in [4.69, 9.17) is 16.3 Å². The number of ether oxygens (including phenoxy) is 1. The van der Waals surface area contributed by atoms with E-state index in [1.807, 2.05) is 6.92 Å². The average Bonchev–Trinajstić information content (AvgIpc) is 2.96. The van der Waals surface area contributed by atoms with Crippen LogP contribution < -0.4 is 4.74 Å². The van der Waals surface area contributed by atoms with Gasteiger partial charge in [0.2, 0.25) is 0 Å². The van der Waals surface area contributed by atoms with Gasteiger partial charge < -0.3 is 9.64 Å². The molecule has 1 aromatic rings. The predicted molar refractivity (Wildman–Crippen MR) is 81.9 cm³/mol. The van der Waals surface area contributed by atoms with Crippen LogP contribution in [-0.4, -0.2) is 36.9 Å². The molecule has 1 heterocycles. The van der Waals surface area contributed by atoms with E-state index in [1.54, 1.807) is 18.2 Å². The number of ketones is 1. The summed E-state index contributed by atoms with van der Waals surface area (Å²) in [4.78, 5) is 14.7. The molecule has 4 heteroatoms. The third kappa shape index (κ3) is 4.22. The normalized spacial score (nSPS) is 15.5. The van der Waals surface area contributed by atoms with E-state index >= 15 is 0 Å². The van der Waals surface area contributed by atoms with Crippen LogP contribution in [0.1, 0.15) is 43.0 Å². The van der Waals surface area contributed by atoms with Crippen LogP contribution in [0.4, 0.5) is 0 Å². The lowest BCUT2D eigenvalue weighted by Gasteiger charge is -2.15. The Morgan fingerprint density at radius 2 is 2.10 bits per heavy atom. The Kier molecular flexibility index (Phi) is 5.86. The summed E-state index contributed by atoms with van der Waals surface area (Å²) in [5, 5.41) is 0.582. The number of nitrogens with zero attached hydrogens (tertiary/aromatic N) is 1. The number of hydrogen-bond donors (Lipinski definition) is 0. The van der Waals surface area contributed by atoms with Crippen LogP contribution in [0, 0.1) is 0 Å². The van der Waals surface area contributed by atoms with Crippen molar-refractivity contribution in [2.75, 3.05) is 26.2 Å². The minimum atomic E-state index is 0.116. The minimum absolute atomic E-state index is 0.116. The molecule has 1 fully saturated rings. The summed E-state index contributed by atoms with van der Waals surface area (Å²) in [6, 6.07) is 5.28. The highest BCUT2D eigenvalue weighted by Gasteiger charge is 2.17. The molecular formula is C16H22ClNO2. The van der Waals surface area contributed by atoms with Crippen LogP contribution >= 0.6 is 11.6 Å². The first-order valence-corrected chi connectivity index (χ1v) is 7.76. The van der Waals surface area contributed by atoms with E-state index in [0.29, 0.717) is 29.4 Å². The Hall–Kier alpha value is -1.06. The zero-order valence-corrected chi connectivity index (χ0v) is 12.8. The van der Waals surface area contributed by atoms with E-state index in [9.17, 15) is 4.79 Å². The Balaban J connectivity index is 2.00. The van der Waals surface area contributed by atoms with Gasteiger partial charge in [-0.05, 0) is 50.6 Å². The first kappa shape index (κ1) is 15.3. The van der Waals surface area contributed by atoms with E-state index in [2.05, 4.69) is 4.90 Å². The molecule has 1 aromatic carbocycles. The molecule has 110 valence electrons. The topological polar surface area (TPSA) is 29.5 Å². The molecule has 1 aliphatic rings. The molecule has 1 aliphatic heterocycles. The highest BCUT2D eigenvalue weighted by atomic mass is 35.5. The lowest BCUT2D eigenvalue weighted by molar-refractivity contribution is 0.0965. The molecule has 0 amide bonds. The van der Waals surface area contributed by atoms with Crippen molar-refractivity contribution in [3.8, 4) is 5.75 Å². The van der Waals surface area contributed by atoms with E-state index in [-0.39, 0.29) is 5.78 Å². The summed E-state index contributed by atoms with van der Waals surface area (Å²) < 4.78 is 5.64. The Morgan fingerprint density at radius 3 is 2.80 bits per heavy atom. The maximum absolute atomic E-state index is 12.4. The fraction of sp³-hybridized carbons (Fsp3) is 0.562. The molecule has 0 bridgehead atoms. The molecule has 0 unspecified atom stereocenters. The van der Waals surface area contributed by atoms with Gasteiger partial charge in [-0.25, -0.2) is 0 Å². The van der Waals surface area contributed by atoms with Crippen molar-refractivity contribution in [2.45, 2.75) is 32.6 Å². The van der Waals surface area contributed by atoms with Gasteiger partial charge in [0.15, 0.2) is 5.78 Å². The maximum atomic E-state index is 12.4.